The number of carboxylic acids is 1. The number of hydrogen-bond acceptors (Lipinski definition) is 2. The van der Waals surface area contributed by atoms with Gasteiger partial charge in [0.1, 0.15) is 11.3 Å². The first-order valence-electron chi connectivity index (χ1n) is 4.02. The highest BCUT2D eigenvalue weighted by Crippen LogP contribution is 2.33. The van der Waals surface area contributed by atoms with Crippen LogP contribution in [0.4, 0.5) is 8.78 Å². The van der Waals surface area contributed by atoms with Crippen LogP contribution in [0.2, 0.25) is 5.02 Å². The third kappa shape index (κ3) is 2.82. The van der Waals surface area contributed by atoms with Gasteiger partial charge in [0.2, 0.25) is 0 Å². The second-order valence-corrected chi connectivity index (χ2v) is 3.70. The minimum Gasteiger partial charge on any atom is -0.478 e. The third-order valence-corrected chi connectivity index (χ3v) is 2.67. The second kappa shape index (κ2) is 5.45. The quantitative estimate of drug-likeness (QED) is 0.865. The Morgan fingerprint density at radius 2 is 2.19 bits per heavy atom. The van der Waals surface area contributed by atoms with Gasteiger partial charge in [-0.3, -0.25) is 0 Å². The van der Waals surface area contributed by atoms with Crippen LogP contribution in [0, 0.1) is 0 Å². The Labute approximate surface area is 103 Å². The summed E-state index contributed by atoms with van der Waals surface area (Å²) in [4.78, 5) is 10.9. The molecular weight excluding hydrogens is 309 g/mol. The molecule has 1 rings (SSSR count). The number of hydrogen-bond donors (Lipinski definition) is 1. The highest BCUT2D eigenvalue weighted by Gasteiger charge is 2.21. The third-order valence-electron chi connectivity index (χ3n) is 1.75. The van der Waals surface area contributed by atoms with Gasteiger partial charge in [-0.2, -0.15) is 8.78 Å². The highest BCUT2D eigenvalue weighted by atomic mass is 79.9. The summed E-state index contributed by atoms with van der Waals surface area (Å²) in [6.45, 7) is -3.10. The van der Waals surface area contributed by atoms with E-state index in [4.69, 9.17) is 16.7 Å². The molecule has 0 bridgehead atoms. The van der Waals surface area contributed by atoms with Crippen LogP contribution in [0.1, 0.15) is 15.9 Å². The highest BCUT2D eigenvalue weighted by molar-refractivity contribution is 9.08. The van der Waals surface area contributed by atoms with E-state index in [0.717, 1.165) is 0 Å². The van der Waals surface area contributed by atoms with Crippen LogP contribution < -0.4 is 4.74 Å². The van der Waals surface area contributed by atoms with Gasteiger partial charge in [0, 0.05) is 10.9 Å². The molecule has 0 radical (unpaired) electrons. The summed E-state index contributed by atoms with van der Waals surface area (Å²) in [7, 11) is 0. The van der Waals surface area contributed by atoms with Crippen LogP contribution in [0.25, 0.3) is 0 Å². The Kier molecular flexibility index (Phi) is 4.49. The van der Waals surface area contributed by atoms with Crippen LogP contribution in [-0.2, 0) is 5.33 Å². The van der Waals surface area contributed by atoms with Crippen molar-refractivity contribution in [2.24, 2.45) is 0 Å². The molecule has 0 spiro atoms. The summed E-state index contributed by atoms with van der Waals surface area (Å²) < 4.78 is 28.5. The standard InChI is InChI=1S/C9H6BrClF2O3/c10-3-4-1-2-5(11)6(8(14)15)7(4)16-9(12)13/h1-2,9H,3H2,(H,14,15). The molecule has 0 aliphatic heterocycles. The molecule has 0 saturated heterocycles. The van der Waals surface area contributed by atoms with Crippen LogP contribution >= 0.6 is 27.5 Å². The number of alkyl halides is 3. The van der Waals surface area contributed by atoms with Crippen molar-refractivity contribution in [3.63, 3.8) is 0 Å². The number of aromatic carboxylic acids is 1. The zero-order valence-corrected chi connectivity index (χ0v) is 10.1. The van der Waals surface area contributed by atoms with E-state index in [2.05, 4.69) is 20.7 Å². The van der Waals surface area contributed by atoms with Gasteiger partial charge in [0.25, 0.3) is 0 Å². The maximum Gasteiger partial charge on any atom is 0.387 e. The molecule has 0 aliphatic rings. The molecule has 0 amide bonds. The number of halogens is 4. The van der Waals surface area contributed by atoms with E-state index in [1.165, 1.54) is 12.1 Å². The smallest absolute Gasteiger partial charge is 0.387 e. The van der Waals surface area contributed by atoms with Gasteiger partial charge < -0.3 is 9.84 Å². The first kappa shape index (κ1) is 13.2. The maximum atomic E-state index is 12.1. The average Bonchev–Trinajstić information content (AvgIpc) is 2.16. The molecule has 1 N–H and O–H groups in total. The van der Waals surface area contributed by atoms with Gasteiger partial charge in [-0.25, -0.2) is 4.79 Å². The first-order valence-corrected chi connectivity index (χ1v) is 5.52. The van der Waals surface area contributed by atoms with E-state index in [9.17, 15) is 13.6 Å². The summed E-state index contributed by atoms with van der Waals surface area (Å²) in [6, 6.07) is 2.74. The molecular formula is C9H6BrClF2O3. The van der Waals surface area contributed by atoms with E-state index in [1.807, 2.05) is 0 Å². The van der Waals surface area contributed by atoms with E-state index in [-0.39, 0.29) is 10.4 Å². The Morgan fingerprint density at radius 3 is 2.62 bits per heavy atom. The molecule has 0 fully saturated rings. The van der Waals surface area contributed by atoms with Crippen LogP contribution in [0.5, 0.6) is 5.75 Å². The minimum atomic E-state index is -3.10. The van der Waals surface area contributed by atoms with E-state index in [1.54, 1.807) is 0 Å². The summed E-state index contributed by atoms with van der Waals surface area (Å²) in [5.74, 6) is -1.82. The van der Waals surface area contributed by atoms with Crippen molar-refractivity contribution >= 4 is 33.5 Å². The molecule has 1 aromatic carbocycles. The lowest BCUT2D eigenvalue weighted by atomic mass is 10.1. The van der Waals surface area contributed by atoms with Gasteiger partial charge in [-0.05, 0) is 6.07 Å². The predicted octanol–water partition coefficient (Wildman–Crippen LogP) is 3.53. The second-order valence-electron chi connectivity index (χ2n) is 2.73. The number of rotatable bonds is 4. The molecule has 0 unspecified atom stereocenters. The molecule has 0 saturated carbocycles. The van der Waals surface area contributed by atoms with Crippen molar-refractivity contribution in [1.29, 1.82) is 0 Å². The fraction of sp³-hybridized carbons (Fsp3) is 0.222. The zero-order valence-electron chi connectivity index (χ0n) is 7.71. The Hall–Kier alpha value is -0.880. The molecule has 0 atom stereocenters. The fourth-order valence-corrected chi connectivity index (χ4v) is 1.80. The van der Waals surface area contributed by atoms with Crippen molar-refractivity contribution < 1.29 is 23.4 Å². The molecule has 0 aromatic heterocycles. The average molecular weight is 315 g/mol. The summed E-state index contributed by atoms with van der Waals surface area (Å²) in [5.41, 5.74) is -0.166. The van der Waals surface area contributed by atoms with Crippen LogP contribution in [-0.4, -0.2) is 17.7 Å². The zero-order chi connectivity index (χ0) is 12.3. The minimum absolute atomic E-state index is 0.146. The fourth-order valence-electron chi connectivity index (χ4n) is 1.13. The molecule has 1 aromatic rings. The molecule has 88 valence electrons. The lowest BCUT2D eigenvalue weighted by molar-refractivity contribution is -0.0507. The maximum absolute atomic E-state index is 12.1. The van der Waals surface area contributed by atoms with Gasteiger partial charge in [0.05, 0.1) is 5.02 Å². The topological polar surface area (TPSA) is 46.5 Å². The Balaban J connectivity index is 3.36. The van der Waals surface area contributed by atoms with E-state index < -0.39 is 23.9 Å². The number of carboxylic acid groups (broad SMARTS) is 1. The normalized spacial score (nSPS) is 10.6. The van der Waals surface area contributed by atoms with Crippen LogP contribution in [0.15, 0.2) is 12.1 Å². The van der Waals surface area contributed by atoms with E-state index in [0.29, 0.717) is 5.56 Å². The molecule has 0 aliphatic carbocycles. The molecule has 16 heavy (non-hydrogen) atoms. The number of benzene rings is 1. The van der Waals surface area contributed by atoms with Crippen molar-refractivity contribution in [2.75, 3.05) is 0 Å². The van der Waals surface area contributed by atoms with Crippen molar-refractivity contribution in [1.82, 2.24) is 0 Å². The van der Waals surface area contributed by atoms with Gasteiger partial charge >= 0.3 is 12.6 Å². The van der Waals surface area contributed by atoms with Crippen molar-refractivity contribution in [2.45, 2.75) is 11.9 Å². The van der Waals surface area contributed by atoms with Crippen molar-refractivity contribution in [3.05, 3.63) is 28.3 Å². The van der Waals surface area contributed by atoms with Crippen molar-refractivity contribution in [3.8, 4) is 5.75 Å². The lowest BCUT2D eigenvalue weighted by Crippen LogP contribution is -2.10. The molecule has 3 nitrogen and oxygen atoms in total. The first-order chi connectivity index (χ1) is 7.47. The predicted molar refractivity (Wildman–Crippen MR) is 57.7 cm³/mol. The summed E-state index contributed by atoms with van der Waals surface area (Å²) in [6.07, 6.45) is 0. The molecule has 7 heteroatoms. The SMILES string of the molecule is O=C(O)c1c(Cl)ccc(CBr)c1OC(F)F. The van der Waals surface area contributed by atoms with E-state index >= 15 is 0 Å². The molecule has 0 heterocycles. The monoisotopic (exact) mass is 314 g/mol. The Bertz CT molecular complexity index is 412. The van der Waals surface area contributed by atoms with Gasteiger partial charge in [-0.15, -0.1) is 0 Å². The van der Waals surface area contributed by atoms with Crippen LogP contribution in [0.3, 0.4) is 0 Å². The summed E-state index contributed by atoms with van der Waals surface area (Å²) in [5, 5.41) is 8.90. The largest absolute Gasteiger partial charge is 0.478 e. The lowest BCUT2D eigenvalue weighted by Gasteiger charge is -2.12. The van der Waals surface area contributed by atoms with Gasteiger partial charge in [0.15, 0.2) is 0 Å². The number of ether oxygens (including phenoxy) is 1. The number of carbonyl (C=O) groups is 1. The summed E-state index contributed by atoms with van der Waals surface area (Å²) >= 11 is 8.66. The Morgan fingerprint density at radius 1 is 1.56 bits per heavy atom. The van der Waals surface area contributed by atoms with Gasteiger partial charge in [-0.1, -0.05) is 33.6 Å².